The first kappa shape index (κ1) is 17.6. The maximum absolute atomic E-state index is 5.74. The number of aromatic nitrogens is 1. The molecule has 0 saturated carbocycles. The van der Waals surface area contributed by atoms with E-state index in [1.165, 1.54) is 15.6 Å². The Labute approximate surface area is 181 Å². The maximum atomic E-state index is 5.74. The van der Waals surface area contributed by atoms with Gasteiger partial charge >= 0.3 is 0 Å². The Morgan fingerprint density at radius 2 is 1.87 bits per heavy atom. The minimum atomic E-state index is 0.0210. The van der Waals surface area contributed by atoms with E-state index in [9.17, 15) is 0 Å². The van der Waals surface area contributed by atoms with Crippen molar-refractivity contribution >= 4 is 44.3 Å². The number of anilines is 1. The lowest BCUT2D eigenvalue weighted by Crippen LogP contribution is -2.17. The Balaban J connectivity index is 1.38. The van der Waals surface area contributed by atoms with Crippen LogP contribution < -0.4 is 5.01 Å². The third kappa shape index (κ3) is 3.05. The van der Waals surface area contributed by atoms with Crippen LogP contribution >= 0.6 is 22.7 Å². The molecule has 6 rings (SSSR count). The van der Waals surface area contributed by atoms with Crippen molar-refractivity contribution in [3.63, 3.8) is 0 Å². The summed E-state index contributed by atoms with van der Waals surface area (Å²) in [6.45, 7) is 0. The number of rotatable bonds is 4. The number of hydrogen-bond donors (Lipinski definition) is 0. The molecule has 0 unspecified atom stereocenters. The van der Waals surface area contributed by atoms with Crippen molar-refractivity contribution in [2.45, 2.75) is 12.5 Å². The Morgan fingerprint density at radius 3 is 2.70 bits per heavy atom. The average molecular weight is 428 g/mol. The molecule has 0 amide bonds. The van der Waals surface area contributed by atoms with Gasteiger partial charge in [-0.15, -0.1) is 22.7 Å². The van der Waals surface area contributed by atoms with Crippen molar-refractivity contribution < 1.29 is 4.42 Å². The van der Waals surface area contributed by atoms with Gasteiger partial charge in [0.2, 0.25) is 5.13 Å². The molecule has 146 valence electrons. The second kappa shape index (κ2) is 7.23. The van der Waals surface area contributed by atoms with Crippen LogP contribution in [0.15, 0.2) is 93.3 Å². The van der Waals surface area contributed by atoms with Crippen molar-refractivity contribution in [2.24, 2.45) is 5.10 Å². The first-order valence-corrected chi connectivity index (χ1v) is 11.5. The quantitative estimate of drug-likeness (QED) is 0.311. The zero-order chi connectivity index (χ0) is 19.9. The molecule has 0 saturated heterocycles. The van der Waals surface area contributed by atoms with Gasteiger partial charge in [0.15, 0.2) is 0 Å². The van der Waals surface area contributed by atoms with Gasteiger partial charge in [0.05, 0.1) is 22.5 Å². The Kier molecular flexibility index (Phi) is 4.25. The molecule has 6 heteroatoms. The molecule has 1 aliphatic rings. The van der Waals surface area contributed by atoms with E-state index >= 15 is 0 Å². The lowest BCUT2D eigenvalue weighted by atomic mass is 10.1. The summed E-state index contributed by atoms with van der Waals surface area (Å²) in [5.41, 5.74) is 3.17. The van der Waals surface area contributed by atoms with Crippen LogP contribution in [-0.2, 0) is 0 Å². The Morgan fingerprint density at radius 1 is 0.933 bits per heavy atom. The number of nitrogens with zero attached hydrogens (tertiary/aromatic N) is 3. The van der Waals surface area contributed by atoms with Crippen LogP contribution in [0.4, 0.5) is 5.13 Å². The summed E-state index contributed by atoms with van der Waals surface area (Å²) >= 11 is 3.33. The predicted molar refractivity (Wildman–Crippen MR) is 124 cm³/mol. The van der Waals surface area contributed by atoms with Crippen LogP contribution in [0.25, 0.3) is 22.0 Å². The molecule has 4 heterocycles. The summed E-state index contributed by atoms with van der Waals surface area (Å²) in [4.78, 5) is 6.14. The average Bonchev–Trinajstić information content (AvgIpc) is 3.58. The fraction of sp³-hybridized carbons (Fsp3) is 0.0833. The first-order valence-electron chi connectivity index (χ1n) is 9.74. The molecule has 1 aliphatic heterocycles. The molecular formula is C24H17N3OS2. The minimum absolute atomic E-state index is 0.0210. The fourth-order valence-corrected chi connectivity index (χ4v) is 5.39. The zero-order valence-corrected chi connectivity index (χ0v) is 17.6. The van der Waals surface area contributed by atoms with Crippen molar-refractivity contribution in [2.75, 3.05) is 5.01 Å². The molecule has 0 N–H and O–H groups in total. The molecule has 0 radical (unpaired) electrons. The lowest BCUT2D eigenvalue weighted by Gasteiger charge is -2.18. The first-order chi connectivity index (χ1) is 14.8. The number of furan rings is 1. The van der Waals surface area contributed by atoms with Gasteiger partial charge in [0.1, 0.15) is 11.8 Å². The largest absolute Gasteiger partial charge is 0.467 e. The summed E-state index contributed by atoms with van der Waals surface area (Å²) in [6, 6.07) is 23.0. The summed E-state index contributed by atoms with van der Waals surface area (Å²) in [7, 11) is 0. The summed E-state index contributed by atoms with van der Waals surface area (Å²) in [6.07, 6.45) is 2.53. The van der Waals surface area contributed by atoms with Crippen molar-refractivity contribution in [1.82, 2.24) is 4.98 Å². The highest BCUT2D eigenvalue weighted by atomic mass is 32.1. The number of thiophene rings is 1. The third-order valence-corrected chi connectivity index (χ3v) is 7.07. The number of hydrogen-bond acceptors (Lipinski definition) is 6. The van der Waals surface area contributed by atoms with Crippen molar-refractivity contribution in [1.29, 1.82) is 0 Å². The van der Waals surface area contributed by atoms with Gasteiger partial charge in [0, 0.05) is 17.4 Å². The highest BCUT2D eigenvalue weighted by molar-refractivity contribution is 7.14. The van der Waals surface area contributed by atoms with Gasteiger partial charge in [-0.05, 0) is 40.4 Å². The maximum Gasteiger partial charge on any atom is 0.207 e. The van der Waals surface area contributed by atoms with E-state index in [1.807, 2.05) is 17.1 Å². The second-order valence-corrected chi connectivity index (χ2v) is 8.97. The van der Waals surface area contributed by atoms with E-state index in [-0.39, 0.29) is 6.04 Å². The smallest absolute Gasteiger partial charge is 0.207 e. The fourth-order valence-electron chi connectivity index (χ4n) is 3.83. The summed E-state index contributed by atoms with van der Waals surface area (Å²) < 4.78 is 5.74. The van der Waals surface area contributed by atoms with Gasteiger partial charge in [-0.2, -0.15) is 5.10 Å². The van der Waals surface area contributed by atoms with E-state index in [1.54, 1.807) is 28.9 Å². The molecule has 3 aromatic heterocycles. The third-order valence-electron chi connectivity index (χ3n) is 5.32. The standard InChI is InChI=1S/C24H17N3OS2/c1-2-6-17-13-18(10-9-16(17)5-1)20-15-30-24(25-20)27-21(22-7-3-11-28-22)14-19(26-27)23-8-4-12-29-23/h1-13,15,21H,14H2/t21-/m1/s1. The van der Waals surface area contributed by atoms with Crippen molar-refractivity contribution in [3.05, 3.63) is 94.4 Å². The monoisotopic (exact) mass is 427 g/mol. The number of benzene rings is 2. The van der Waals surface area contributed by atoms with Gasteiger partial charge < -0.3 is 4.42 Å². The zero-order valence-electron chi connectivity index (χ0n) is 15.9. The minimum Gasteiger partial charge on any atom is -0.467 e. The highest BCUT2D eigenvalue weighted by Crippen LogP contribution is 2.40. The van der Waals surface area contributed by atoms with Crippen molar-refractivity contribution in [3.8, 4) is 11.3 Å². The van der Waals surface area contributed by atoms with Crippen LogP contribution in [0, 0.1) is 0 Å². The van der Waals surface area contributed by atoms with E-state index in [0.717, 1.165) is 34.3 Å². The SMILES string of the molecule is c1coc([C@H]2CC(c3cccs3)=NN2c2nc(-c3ccc4ccccc4c3)cs2)c1. The molecule has 2 aromatic carbocycles. The van der Waals surface area contributed by atoms with E-state index in [4.69, 9.17) is 14.5 Å². The number of fused-ring (bicyclic) bond motifs is 1. The van der Waals surface area contributed by atoms with E-state index in [0.29, 0.717) is 0 Å². The molecule has 0 spiro atoms. The second-order valence-electron chi connectivity index (χ2n) is 7.18. The van der Waals surface area contributed by atoms with Crippen LogP contribution in [-0.4, -0.2) is 10.7 Å². The molecule has 1 atom stereocenters. The van der Waals surface area contributed by atoms with Crippen LogP contribution in [0.3, 0.4) is 0 Å². The van der Waals surface area contributed by atoms with Gasteiger partial charge in [-0.1, -0.05) is 42.5 Å². The molecule has 30 heavy (non-hydrogen) atoms. The van der Waals surface area contributed by atoms with Gasteiger partial charge in [-0.25, -0.2) is 9.99 Å². The Bertz CT molecular complexity index is 1340. The number of hydrazone groups is 1. The van der Waals surface area contributed by atoms with Crippen LogP contribution in [0.2, 0.25) is 0 Å². The highest BCUT2D eigenvalue weighted by Gasteiger charge is 2.33. The summed E-state index contributed by atoms with van der Waals surface area (Å²) in [5.74, 6) is 0.910. The molecule has 0 bridgehead atoms. The van der Waals surface area contributed by atoms with Crippen LogP contribution in [0.5, 0.6) is 0 Å². The molecule has 0 fully saturated rings. The topological polar surface area (TPSA) is 41.6 Å². The van der Waals surface area contributed by atoms with E-state index in [2.05, 4.69) is 65.4 Å². The predicted octanol–water partition coefficient (Wildman–Crippen LogP) is 6.97. The Hall–Kier alpha value is -3.22. The van der Waals surface area contributed by atoms with Gasteiger partial charge in [-0.3, -0.25) is 0 Å². The normalized spacial score (nSPS) is 16.3. The van der Waals surface area contributed by atoms with Crippen LogP contribution in [0.1, 0.15) is 23.1 Å². The molecular weight excluding hydrogens is 410 g/mol. The summed E-state index contributed by atoms with van der Waals surface area (Å²) in [5, 5.41) is 14.5. The van der Waals surface area contributed by atoms with E-state index < -0.39 is 0 Å². The van der Waals surface area contributed by atoms with Gasteiger partial charge in [0.25, 0.3) is 0 Å². The molecule has 0 aliphatic carbocycles. The molecule has 4 nitrogen and oxygen atoms in total. The molecule has 5 aromatic rings. The lowest BCUT2D eigenvalue weighted by molar-refractivity contribution is 0.465. The number of thiazole rings is 1.